The number of likely N-dealkylation sites (tertiary alicyclic amines) is 1. The number of para-hydroxylation sites is 1. The first-order valence-corrected chi connectivity index (χ1v) is 7.80. The Kier molecular flexibility index (Phi) is 3.04. The van der Waals surface area contributed by atoms with Gasteiger partial charge in [-0.1, -0.05) is 30.4 Å². The van der Waals surface area contributed by atoms with Crippen molar-refractivity contribution in [2.75, 3.05) is 25.0 Å². The Morgan fingerprint density at radius 2 is 2.00 bits per heavy atom. The summed E-state index contributed by atoms with van der Waals surface area (Å²) in [6, 6.07) is 7.71. The Bertz CT molecular complexity index is 660. The van der Waals surface area contributed by atoms with Gasteiger partial charge in [-0.25, -0.2) is 0 Å². The van der Waals surface area contributed by atoms with Gasteiger partial charge in [0.1, 0.15) is 6.04 Å². The van der Waals surface area contributed by atoms with Crippen molar-refractivity contribution in [3.8, 4) is 0 Å². The summed E-state index contributed by atoms with van der Waals surface area (Å²) in [5.41, 5.74) is 1.56. The van der Waals surface area contributed by atoms with Crippen molar-refractivity contribution in [3.63, 3.8) is 0 Å². The number of hydrogen-bond acceptors (Lipinski definition) is 3. The molecule has 1 aromatic rings. The van der Waals surface area contributed by atoms with E-state index in [1.165, 1.54) is 0 Å². The molecule has 114 valence electrons. The number of carbonyl (C=O) groups excluding carboxylic acids is 2. The van der Waals surface area contributed by atoms with E-state index >= 15 is 0 Å². The molecule has 0 radical (unpaired) electrons. The molecule has 3 aliphatic heterocycles. The number of piperidine rings is 1. The molecule has 4 rings (SSSR count). The molecule has 1 spiro atoms. The fraction of sp³-hybridized carbons (Fsp3) is 0.412. The van der Waals surface area contributed by atoms with E-state index in [0.717, 1.165) is 17.8 Å². The quantitative estimate of drug-likeness (QED) is 0.761. The largest absolute Gasteiger partial charge is 0.341 e. The van der Waals surface area contributed by atoms with Crippen LogP contribution in [-0.2, 0) is 15.0 Å². The Balaban J connectivity index is 1.53. The monoisotopic (exact) mass is 297 g/mol. The average molecular weight is 297 g/mol. The van der Waals surface area contributed by atoms with Crippen molar-refractivity contribution in [1.82, 2.24) is 10.2 Å². The molecule has 2 N–H and O–H groups in total. The molecule has 2 amide bonds. The van der Waals surface area contributed by atoms with Gasteiger partial charge in [-0.05, 0) is 24.5 Å². The van der Waals surface area contributed by atoms with Gasteiger partial charge in [-0.2, -0.15) is 0 Å². The molecule has 0 aliphatic carbocycles. The molecule has 0 bridgehead atoms. The number of nitrogens with one attached hydrogen (secondary N) is 2. The van der Waals surface area contributed by atoms with Crippen LogP contribution in [0.25, 0.3) is 0 Å². The average Bonchev–Trinajstić information content (AvgIpc) is 3.16. The molecule has 1 atom stereocenters. The molecule has 0 saturated carbocycles. The fourth-order valence-corrected chi connectivity index (χ4v) is 3.81. The lowest BCUT2D eigenvalue weighted by molar-refractivity contribution is -0.135. The van der Waals surface area contributed by atoms with Crippen LogP contribution in [0.1, 0.15) is 18.4 Å². The van der Waals surface area contributed by atoms with Gasteiger partial charge in [0.2, 0.25) is 11.8 Å². The van der Waals surface area contributed by atoms with E-state index in [1.807, 2.05) is 41.3 Å². The predicted molar refractivity (Wildman–Crippen MR) is 83.5 cm³/mol. The normalized spacial score (nSPS) is 25.4. The van der Waals surface area contributed by atoms with Crippen molar-refractivity contribution in [1.29, 1.82) is 0 Å². The van der Waals surface area contributed by atoms with Crippen molar-refractivity contribution in [2.24, 2.45) is 0 Å². The van der Waals surface area contributed by atoms with Crippen LogP contribution >= 0.6 is 0 Å². The minimum atomic E-state index is -0.452. The van der Waals surface area contributed by atoms with Crippen LogP contribution in [0.3, 0.4) is 0 Å². The number of benzene rings is 1. The third kappa shape index (κ3) is 1.89. The molecule has 22 heavy (non-hydrogen) atoms. The summed E-state index contributed by atoms with van der Waals surface area (Å²) in [7, 11) is 0. The number of fused-ring (bicyclic) bond motifs is 2. The topological polar surface area (TPSA) is 61.4 Å². The minimum Gasteiger partial charge on any atom is -0.341 e. The summed E-state index contributed by atoms with van der Waals surface area (Å²) in [4.78, 5) is 26.8. The molecular formula is C17H19N3O2. The number of nitrogens with zero attached hydrogens (tertiary/aromatic N) is 1. The Morgan fingerprint density at radius 3 is 2.73 bits per heavy atom. The molecular weight excluding hydrogens is 278 g/mol. The smallest absolute Gasteiger partial charge is 0.243 e. The van der Waals surface area contributed by atoms with Crippen LogP contribution in [0.15, 0.2) is 36.4 Å². The van der Waals surface area contributed by atoms with Gasteiger partial charge in [0, 0.05) is 25.3 Å². The number of rotatable bonds is 1. The second-order valence-corrected chi connectivity index (χ2v) is 6.22. The van der Waals surface area contributed by atoms with E-state index in [-0.39, 0.29) is 17.9 Å². The van der Waals surface area contributed by atoms with Gasteiger partial charge in [0.05, 0.1) is 5.41 Å². The lowest BCUT2D eigenvalue weighted by Gasteiger charge is -2.38. The molecule has 0 aromatic heterocycles. The molecule has 1 aromatic carbocycles. The Hall–Kier alpha value is -2.14. The highest BCUT2D eigenvalue weighted by molar-refractivity contribution is 6.06. The molecule has 3 heterocycles. The lowest BCUT2D eigenvalue weighted by atomic mass is 9.73. The van der Waals surface area contributed by atoms with E-state index in [0.29, 0.717) is 25.9 Å². The highest BCUT2D eigenvalue weighted by Crippen LogP contribution is 2.44. The molecule has 0 unspecified atom stereocenters. The van der Waals surface area contributed by atoms with Crippen molar-refractivity contribution in [2.45, 2.75) is 24.3 Å². The second kappa shape index (κ2) is 4.95. The maximum atomic E-state index is 12.5. The zero-order chi connectivity index (χ0) is 15.2. The zero-order valence-electron chi connectivity index (χ0n) is 12.3. The van der Waals surface area contributed by atoms with Gasteiger partial charge < -0.3 is 10.2 Å². The van der Waals surface area contributed by atoms with Crippen LogP contribution in [0.4, 0.5) is 5.69 Å². The van der Waals surface area contributed by atoms with Crippen LogP contribution in [0, 0.1) is 0 Å². The van der Waals surface area contributed by atoms with Crippen LogP contribution in [0.5, 0.6) is 0 Å². The van der Waals surface area contributed by atoms with Gasteiger partial charge in [-0.3, -0.25) is 14.9 Å². The first-order chi connectivity index (χ1) is 10.7. The van der Waals surface area contributed by atoms with Crippen LogP contribution in [0.2, 0.25) is 0 Å². The van der Waals surface area contributed by atoms with Crippen molar-refractivity contribution in [3.05, 3.63) is 42.0 Å². The third-order valence-corrected chi connectivity index (χ3v) is 5.10. The second-order valence-electron chi connectivity index (χ2n) is 6.22. The number of hydrogen-bond donors (Lipinski definition) is 2. The van der Waals surface area contributed by atoms with Crippen molar-refractivity contribution < 1.29 is 9.59 Å². The summed E-state index contributed by atoms with van der Waals surface area (Å²) >= 11 is 0. The summed E-state index contributed by atoms with van der Waals surface area (Å²) < 4.78 is 0. The van der Waals surface area contributed by atoms with Gasteiger partial charge in [-0.15, -0.1) is 0 Å². The zero-order valence-corrected chi connectivity index (χ0v) is 12.3. The summed E-state index contributed by atoms with van der Waals surface area (Å²) in [5, 5.41) is 6.15. The SMILES string of the molecule is O=C([C@@H]1C=CCN1)N1CCC2(CC1)C(=O)Nc1ccccc12. The maximum absolute atomic E-state index is 12.5. The first kappa shape index (κ1) is 13.5. The number of amides is 2. The molecule has 5 nitrogen and oxygen atoms in total. The van der Waals surface area contributed by atoms with Crippen LogP contribution in [-0.4, -0.2) is 42.4 Å². The van der Waals surface area contributed by atoms with Gasteiger partial charge >= 0.3 is 0 Å². The third-order valence-electron chi connectivity index (χ3n) is 5.10. The first-order valence-electron chi connectivity index (χ1n) is 7.80. The summed E-state index contributed by atoms with van der Waals surface area (Å²) in [6.45, 7) is 2.02. The highest BCUT2D eigenvalue weighted by Gasteiger charge is 2.49. The van der Waals surface area contributed by atoms with E-state index in [4.69, 9.17) is 0 Å². The fourth-order valence-electron chi connectivity index (χ4n) is 3.81. The highest BCUT2D eigenvalue weighted by atomic mass is 16.2. The maximum Gasteiger partial charge on any atom is 0.243 e. The molecule has 1 fully saturated rings. The molecule has 5 heteroatoms. The van der Waals surface area contributed by atoms with E-state index in [2.05, 4.69) is 10.6 Å². The number of anilines is 1. The van der Waals surface area contributed by atoms with Gasteiger partial charge in [0.25, 0.3) is 0 Å². The van der Waals surface area contributed by atoms with Crippen molar-refractivity contribution >= 4 is 17.5 Å². The lowest BCUT2D eigenvalue weighted by Crippen LogP contribution is -2.52. The predicted octanol–water partition coefficient (Wildman–Crippen LogP) is 1.03. The van der Waals surface area contributed by atoms with E-state index in [9.17, 15) is 9.59 Å². The summed E-state index contributed by atoms with van der Waals surface area (Å²) in [6.07, 6.45) is 5.29. The molecule has 3 aliphatic rings. The minimum absolute atomic E-state index is 0.0830. The number of carbonyl (C=O) groups is 2. The Labute approximate surface area is 129 Å². The van der Waals surface area contributed by atoms with Gasteiger partial charge in [0.15, 0.2) is 0 Å². The Morgan fingerprint density at radius 1 is 1.23 bits per heavy atom. The van der Waals surface area contributed by atoms with E-state index in [1.54, 1.807) is 0 Å². The molecule has 1 saturated heterocycles. The standard InChI is InChI=1S/C17H19N3O2/c21-15(14-6-3-9-18-14)20-10-7-17(8-11-20)12-4-1-2-5-13(12)19-16(17)22/h1-6,14,18H,7-11H2,(H,19,22)/t14-/m0/s1. The van der Waals surface area contributed by atoms with Crippen LogP contribution < -0.4 is 10.6 Å². The van der Waals surface area contributed by atoms with E-state index < -0.39 is 5.41 Å². The summed E-state index contributed by atoms with van der Waals surface area (Å²) in [5.74, 6) is 0.204.